The van der Waals surface area contributed by atoms with Crippen molar-refractivity contribution in [3.8, 4) is 0 Å². The lowest BCUT2D eigenvalue weighted by molar-refractivity contribution is -0.123. The van der Waals surface area contributed by atoms with E-state index in [9.17, 15) is 15.0 Å². The average Bonchev–Trinajstić information content (AvgIpc) is 3.02. The van der Waals surface area contributed by atoms with Crippen LogP contribution >= 0.6 is 0 Å². The van der Waals surface area contributed by atoms with Crippen LogP contribution in [0.2, 0.25) is 0 Å². The minimum Gasteiger partial charge on any atom is -0.394 e. The van der Waals surface area contributed by atoms with Gasteiger partial charge >= 0.3 is 0 Å². The first-order chi connectivity index (χ1) is 21.7. The van der Waals surface area contributed by atoms with Crippen molar-refractivity contribution < 1.29 is 15.0 Å². The maximum atomic E-state index is 12.0. The van der Waals surface area contributed by atoms with E-state index in [1.807, 2.05) is 0 Å². The first-order valence-electron chi connectivity index (χ1n) is 20.2. The van der Waals surface area contributed by atoms with Crippen molar-refractivity contribution in [3.05, 3.63) is 0 Å². The molecule has 2 atom stereocenters. The van der Waals surface area contributed by atoms with Crippen LogP contribution in [0.3, 0.4) is 0 Å². The molecule has 2 unspecified atom stereocenters. The number of amides is 1. The van der Waals surface area contributed by atoms with Crippen LogP contribution in [0.1, 0.15) is 232 Å². The third kappa shape index (κ3) is 32.8. The minimum absolute atomic E-state index is 0.0536. The van der Waals surface area contributed by atoms with Crippen LogP contribution in [0.4, 0.5) is 0 Å². The Hall–Kier alpha value is -0.610. The summed E-state index contributed by atoms with van der Waals surface area (Å²) >= 11 is 0. The molecule has 4 heteroatoms. The van der Waals surface area contributed by atoms with Gasteiger partial charge in [-0.15, -0.1) is 0 Å². The number of carbonyl (C=O) groups excluding carboxylic acids is 1. The number of carbonyl (C=O) groups is 1. The zero-order valence-electron chi connectivity index (χ0n) is 30.2. The summed E-state index contributed by atoms with van der Waals surface area (Å²) in [5.74, 6) is -0.0536. The molecule has 0 aromatic carbocycles. The second-order valence-corrected chi connectivity index (χ2v) is 14.1. The molecule has 0 aliphatic rings. The van der Waals surface area contributed by atoms with Gasteiger partial charge in [0.15, 0.2) is 0 Å². The molecular weight excluding hydrogens is 542 g/mol. The molecule has 0 heterocycles. The second-order valence-electron chi connectivity index (χ2n) is 14.1. The van der Waals surface area contributed by atoms with Gasteiger partial charge in [-0.25, -0.2) is 0 Å². The molecule has 0 aliphatic carbocycles. The summed E-state index contributed by atoms with van der Waals surface area (Å²) in [6.45, 7) is 4.22. The van der Waals surface area contributed by atoms with Crippen LogP contribution in [-0.2, 0) is 4.79 Å². The van der Waals surface area contributed by atoms with Gasteiger partial charge in [0, 0.05) is 6.42 Å². The van der Waals surface area contributed by atoms with Gasteiger partial charge < -0.3 is 15.5 Å². The lowest BCUT2D eigenvalue weighted by Gasteiger charge is -2.22. The lowest BCUT2D eigenvalue weighted by Crippen LogP contribution is -2.45. The van der Waals surface area contributed by atoms with Crippen molar-refractivity contribution in [2.75, 3.05) is 6.61 Å². The fraction of sp³-hybridized carbons (Fsp3) is 0.975. The normalized spacial score (nSPS) is 12.9. The highest BCUT2D eigenvalue weighted by Gasteiger charge is 2.19. The third-order valence-corrected chi connectivity index (χ3v) is 9.62. The standard InChI is InChI=1S/C40H81NO3/c1-3-5-7-8-9-10-11-12-13-14-15-16-17-18-19-20-21-22-23-24-25-26-27-28-29-30-31-32-34-35-39(43)38(37-42)41-40(44)36-33-6-4-2/h38-39,42-43H,3-37H2,1-2H3,(H,41,44). The van der Waals surface area contributed by atoms with Gasteiger partial charge in [0.1, 0.15) is 0 Å². The summed E-state index contributed by atoms with van der Waals surface area (Å²) in [4.78, 5) is 12.0. The molecule has 0 saturated carbocycles. The molecule has 0 spiro atoms. The summed E-state index contributed by atoms with van der Waals surface area (Å²) in [5, 5.41) is 22.7. The average molecular weight is 624 g/mol. The summed E-state index contributed by atoms with van der Waals surface area (Å²) < 4.78 is 0. The van der Waals surface area contributed by atoms with Gasteiger partial charge in [-0.2, -0.15) is 0 Å². The molecule has 0 saturated heterocycles. The van der Waals surface area contributed by atoms with Crippen molar-refractivity contribution in [1.29, 1.82) is 0 Å². The Balaban J connectivity index is 3.27. The van der Waals surface area contributed by atoms with E-state index in [1.165, 1.54) is 173 Å². The van der Waals surface area contributed by atoms with Crippen molar-refractivity contribution in [3.63, 3.8) is 0 Å². The molecule has 0 radical (unpaired) electrons. The Morgan fingerprint density at radius 3 is 1.02 bits per heavy atom. The number of aliphatic hydroxyl groups excluding tert-OH is 2. The van der Waals surface area contributed by atoms with E-state index in [4.69, 9.17) is 0 Å². The molecule has 0 aromatic rings. The molecule has 0 fully saturated rings. The summed E-state index contributed by atoms with van der Waals surface area (Å²) in [7, 11) is 0. The molecule has 0 aromatic heterocycles. The number of rotatable bonds is 37. The minimum atomic E-state index is -0.649. The first kappa shape index (κ1) is 43.4. The SMILES string of the molecule is CCCCCCCCCCCCCCCCCCCCCCCCCCCCCCCC(O)C(CO)NC(=O)CCCCC. The molecule has 264 valence electrons. The van der Waals surface area contributed by atoms with Gasteiger partial charge in [-0.3, -0.25) is 4.79 Å². The predicted octanol–water partition coefficient (Wildman–Crippen LogP) is 12.1. The van der Waals surface area contributed by atoms with Crippen LogP contribution in [0.5, 0.6) is 0 Å². The summed E-state index contributed by atoms with van der Waals surface area (Å²) in [5.41, 5.74) is 0. The zero-order valence-corrected chi connectivity index (χ0v) is 30.2. The van der Waals surface area contributed by atoms with Crippen molar-refractivity contribution >= 4 is 5.91 Å². The number of hydrogen-bond donors (Lipinski definition) is 3. The highest BCUT2D eigenvalue weighted by atomic mass is 16.3. The largest absolute Gasteiger partial charge is 0.394 e. The van der Waals surface area contributed by atoms with E-state index >= 15 is 0 Å². The first-order valence-corrected chi connectivity index (χ1v) is 20.2. The number of nitrogens with one attached hydrogen (secondary N) is 1. The summed E-state index contributed by atoms with van der Waals surface area (Å²) in [6.07, 6.45) is 44.0. The van der Waals surface area contributed by atoms with E-state index in [0.29, 0.717) is 12.8 Å². The Kier molecular flexibility index (Phi) is 36.3. The maximum absolute atomic E-state index is 12.0. The number of aliphatic hydroxyl groups is 2. The predicted molar refractivity (Wildman–Crippen MR) is 193 cm³/mol. The van der Waals surface area contributed by atoms with E-state index in [1.54, 1.807) is 0 Å². The molecule has 0 rings (SSSR count). The van der Waals surface area contributed by atoms with Gasteiger partial charge in [0.2, 0.25) is 5.91 Å². The molecule has 1 amide bonds. The Labute approximate surface area is 276 Å². The van der Waals surface area contributed by atoms with Gasteiger partial charge in [-0.1, -0.05) is 213 Å². The van der Waals surface area contributed by atoms with Crippen LogP contribution in [0.25, 0.3) is 0 Å². The molecular formula is C40H81NO3. The van der Waals surface area contributed by atoms with Crippen LogP contribution in [0.15, 0.2) is 0 Å². The van der Waals surface area contributed by atoms with Crippen molar-refractivity contribution in [2.24, 2.45) is 0 Å². The van der Waals surface area contributed by atoms with E-state index in [-0.39, 0.29) is 12.5 Å². The number of unbranched alkanes of at least 4 members (excludes halogenated alkanes) is 30. The Morgan fingerprint density at radius 1 is 0.455 bits per heavy atom. The van der Waals surface area contributed by atoms with Gasteiger partial charge in [-0.05, 0) is 12.8 Å². The zero-order chi connectivity index (χ0) is 32.2. The van der Waals surface area contributed by atoms with Crippen molar-refractivity contribution in [2.45, 2.75) is 244 Å². The summed E-state index contributed by atoms with van der Waals surface area (Å²) in [6, 6.07) is -0.525. The monoisotopic (exact) mass is 624 g/mol. The highest BCUT2D eigenvalue weighted by molar-refractivity contribution is 5.76. The topological polar surface area (TPSA) is 69.6 Å². The molecule has 4 nitrogen and oxygen atoms in total. The van der Waals surface area contributed by atoms with Gasteiger partial charge in [0.05, 0.1) is 18.8 Å². The Bertz CT molecular complexity index is 555. The fourth-order valence-corrected chi connectivity index (χ4v) is 6.48. The van der Waals surface area contributed by atoms with Crippen LogP contribution < -0.4 is 5.32 Å². The van der Waals surface area contributed by atoms with Crippen LogP contribution in [0, 0.1) is 0 Å². The highest BCUT2D eigenvalue weighted by Crippen LogP contribution is 2.17. The van der Waals surface area contributed by atoms with Crippen LogP contribution in [-0.4, -0.2) is 34.9 Å². The van der Waals surface area contributed by atoms with E-state index in [0.717, 1.165) is 32.1 Å². The molecule has 0 aliphatic heterocycles. The van der Waals surface area contributed by atoms with Crippen molar-refractivity contribution in [1.82, 2.24) is 5.32 Å². The molecule has 0 bridgehead atoms. The Morgan fingerprint density at radius 2 is 0.727 bits per heavy atom. The lowest BCUT2D eigenvalue weighted by atomic mass is 10.0. The smallest absolute Gasteiger partial charge is 0.220 e. The van der Waals surface area contributed by atoms with Gasteiger partial charge in [0.25, 0.3) is 0 Å². The molecule has 3 N–H and O–H groups in total. The second kappa shape index (κ2) is 36.9. The fourth-order valence-electron chi connectivity index (χ4n) is 6.48. The quantitative estimate of drug-likeness (QED) is 0.0603. The van der Waals surface area contributed by atoms with E-state index in [2.05, 4.69) is 19.2 Å². The van der Waals surface area contributed by atoms with E-state index < -0.39 is 12.1 Å². The third-order valence-electron chi connectivity index (χ3n) is 9.62. The molecule has 44 heavy (non-hydrogen) atoms. The number of hydrogen-bond acceptors (Lipinski definition) is 3. The maximum Gasteiger partial charge on any atom is 0.220 e.